The lowest BCUT2D eigenvalue weighted by molar-refractivity contribution is -0.128. The first-order valence-electron chi connectivity index (χ1n) is 7.42. The minimum absolute atomic E-state index is 0.279. The number of carbonyl (C=O) groups is 1. The van der Waals surface area contributed by atoms with Crippen LogP contribution in [0.5, 0.6) is 0 Å². The summed E-state index contributed by atoms with van der Waals surface area (Å²) in [6, 6.07) is 8.44. The van der Waals surface area contributed by atoms with Gasteiger partial charge < -0.3 is 9.88 Å². The van der Waals surface area contributed by atoms with Crippen LogP contribution in [0.3, 0.4) is 0 Å². The van der Waals surface area contributed by atoms with Crippen molar-refractivity contribution in [3.8, 4) is 0 Å². The van der Waals surface area contributed by atoms with Crippen LogP contribution in [0.1, 0.15) is 37.4 Å². The molecule has 2 aliphatic rings. The largest absolute Gasteiger partial charge is 0.353 e. The van der Waals surface area contributed by atoms with Gasteiger partial charge in [-0.15, -0.1) is 0 Å². The van der Waals surface area contributed by atoms with Crippen molar-refractivity contribution >= 4 is 22.5 Å². The predicted octanol–water partition coefficient (Wildman–Crippen LogP) is 3.47. The number of rotatable bonds is 1. The molecule has 0 radical (unpaired) electrons. The third-order valence-corrected chi connectivity index (χ3v) is 4.61. The molecule has 2 aromatic rings. The molecule has 0 bridgehead atoms. The molecule has 0 atom stereocenters. The molecule has 4 rings (SSSR count). The fourth-order valence-corrected chi connectivity index (χ4v) is 3.60. The van der Waals surface area contributed by atoms with Crippen molar-refractivity contribution in [3.05, 3.63) is 41.1 Å². The van der Waals surface area contributed by atoms with Crippen LogP contribution < -0.4 is 0 Å². The van der Waals surface area contributed by atoms with Crippen LogP contribution >= 0.6 is 0 Å². The molecule has 0 unspecified atom stereocenters. The van der Waals surface area contributed by atoms with Crippen molar-refractivity contribution in [1.82, 2.24) is 9.88 Å². The number of allylic oxidation sites excluding steroid dienone is 1. The summed E-state index contributed by atoms with van der Waals surface area (Å²) in [6.07, 6.45) is 3.55. The number of carbonyl (C=O) groups excluding carboxylic acids is 1. The first-order chi connectivity index (χ1) is 9.79. The number of hydrogen-bond acceptors (Lipinski definition) is 1. The topological polar surface area (TPSA) is 36.1 Å². The Morgan fingerprint density at radius 3 is 2.90 bits per heavy atom. The Morgan fingerprint density at radius 1 is 1.20 bits per heavy atom. The van der Waals surface area contributed by atoms with Gasteiger partial charge in [-0.25, -0.2) is 0 Å². The molecule has 3 nitrogen and oxygen atoms in total. The summed E-state index contributed by atoms with van der Waals surface area (Å²) < 4.78 is 0. The maximum Gasteiger partial charge on any atom is 0.227 e. The van der Waals surface area contributed by atoms with Crippen LogP contribution in [-0.4, -0.2) is 22.3 Å². The van der Waals surface area contributed by atoms with Crippen molar-refractivity contribution in [2.45, 2.75) is 32.6 Å². The van der Waals surface area contributed by atoms with E-state index in [4.69, 9.17) is 0 Å². The van der Waals surface area contributed by atoms with Gasteiger partial charge in [0.05, 0.1) is 11.4 Å². The molecule has 20 heavy (non-hydrogen) atoms. The van der Waals surface area contributed by atoms with Crippen LogP contribution in [0, 0.1) is 0 Å². The first-order valence-corrected chi connectivity index (χ1v) is 7.42. The summed E-state index contributed by atoms with van der Waals surface area (Å²) >= 11 is 0. The second-order valence-electron chi connectivity index (χ2n) is 5.63. The van der Waals surface area contributed by atoms with E-state index in [1.54, 1.807) is 0 Å². The molecular weight excluding hydrogens is 248 g/mol. The van der Waals surface area contributed by atoms with Gasteiger partial charge in [0.25, 0.3) is 0 Å². The molecule has 0 aliphatic carbocycles. The molecule has 1 N–H and O–H groups in total. The molecule has 0 spiro atoms. The van der Waals surface area contributed by atoms with Crippen molar-refractivity contribution in [3.63, 3.8) is 0 Å². The summed E-state index contributed by atoms with van der Waals surface area (Å²) in [7, 11) is 0. The van der Waals surface area contributed by atoms with E-state index in [2.05, 4.69) is 36.2 Å². The molecule has 1 amide bonds. The van der Waals surface area contributed by atoms with Gasteiger partial charge in [-0.1, -0.05) is 25.1 Å². The smallest absolute Gasteiger partial charge is 0.227 e. The number of para-hydroxylation sites is 1. The average molecular weight is 266 g/mol. The zero-order valence-corrected chi connectivity index (χ0v) is 11.7. The van der Waals surface area contributed by atoms with E-state index in [1.165, 1.54) is 33.4 Å². The fourth-order valence-electron chi connectivity index (χ4n) is 3.60. The molecule has 3 heterocycles. The first kappa shape index (κ1) is 11.8. The van der Waals surface area contributed by atoms with Gasteiger partial charge in [0.15, 0.2) is 0 Å². The lowest BCUT2D eigenvalue weighted by Gasteiger charge is -2.35. The number of nitrogens with one attached hydrogen (secondary N) is 1. The van der Waals surface area contributed by atoms with E-state index in [-0.39, 0.29) is 5.91 Å². The minimum Gasteiger partial charge on any atom is -0.353 e. The standard InChI is InChI=1S/C17H18N2O/c1-2-11-7-8-15(20)19-10-9-13-12-5-3-4-6-14(12)18-16(13)17(11)19/h3-6,18H,2,7-10H2,1H3. The van der Waals surface area contributed by atoms with Crippen LogP contribution in [0.25, 0.3) is 16.6 Å². The number of fused-ring (bicyclic) bond motifs is 5. The fraction of sp³-hybridized carbons (Fsp3) is 0.353. The maximum atomic E-state index is 12.2. The van der Waals surface area contributed by atoms with Gasteiger partial charge in [0, 0.05) is 23.9 Å². The molecule has 0 saturated heterocycles. The quantitative estimate of drug-likeness (QED) is 0.843. The van der Waals surface area contributed by atoms with E-state index in [0.29, 0.717) is 6.42 Å². The average Bonchev–Trinajstić information content (AvgIpc) is 2.86. The number of benzene rings is 1. The molecule has 0 saturated carbocycles. The van der Waals surface area contributed by atoms with E-state index in [9.17, 15) is 4.79 Å². The second-order valence-corrected chi connectivity index (χ2v) is 5.63. The summed E-state index contributed by atoms with van der Waals surface area (Å²) in [6.45, 7) is 3.01. The Bertz CT molecular complexity index is 739. The predicted molar refractivity (Wildman–Crippen MR) is 80.2 cm³/mol. The number of aromatic amines is 1. The maximum absolute atomic E-state index is 12.2. The van der Waals surface area contributed by atoms with Gasteiger partial charge in [0.1, 0.15) is 0 Å². The highest BCUT2D eigenvalue weighted by molar-refractivity contribution is 5.96. The lowest BCUT2D eigenvalue weighted by Crippen LogP contribution is -2.38. The zero-order valence-electron chi connectivity index (χ0n) is 11.7. The number of hydrogen-bond donors (Lipinski definition) is 1. The number of aromatic nitrogens is 1. The van der Waals surface area contributed by atoms with Crippen molar-refractivity contribution in [1.29, 1.82) is 0 Å². The van der Waals surface area contributed by atoms with Crippen LogP contribution in [0.2, 0.25) is 0 Å². The number of amides is 1. The summed E-state index contributed by atoms with van der Waals surface area (Å²) in [4.78, 5) is 17.7. The van der Waals surface area contributed by atoms with E-state index in [0.717, 1.165) is 25.8 Å². The Balaban J connectivity index is 2.01. The Hall–Kier alpha value is -2.03. The third kappa shape index (κ3) is 1.49. The van der Waals surface area contributed by atoms with Gasteiger partial charge in [-0.05, 0) is 36.5 Å². The Kier molecular flexibility index (Phi) is 2.49. The molecule has 102 valence electrons. The summed E-state index contributed by atoms with van der Waals surface area (Å²) in [5.74, 6) is 0.279. The molecule has 1 aromatic heterocycles. The van der Waals surface area contributed by atoms with Gasteiger partial charge in [-0.3, -0.25) is 4.79 Å². The van der Waals surface area contributed by atoms with Crippen LogP contribution in [0.15, 0.2) is 29.8 Å². The van der Waals surface area contributed by atoms with E-state index < -0.39 is 0 Å². The lowest BCUT2D eigenvalue weighted by atomic mass is 9.91. The van der Waals surface area contributed by atoms with Crippen LogP contribution in [0.4, 0.5) is 0 Å². The monoisotopic (exact) mass is 266 g/mol. The van der Waals surface area contributed by atoms with Crippen molar-refractivity contribution in [2.24, 2.45) is 0 Å². The molecule has 0 fully saturated rings. The van der Waals surface area contributed by atoms with Gasteiger partial charge in [0.2, 0.25) is 5.91 Å². The van der Waals surface area contributed by atoms with E-state index in [1.807, 2.05) is 4.90 Å². The van der Waals surface area contributed by atoms with Crippen molar-refractivity contribution < 1.29 is 4.79 Å². The second kappa shape index (κ2) is 4.23. The van der Waals surface area contributed by atoms with Gasteiger partial charge >= 0.3 is 0 Å². The van der Waals surface area contributed by atoms with Crippen molar-refractivity contribution in [2.75, 3.05) is 6.54 Å². The van der Waals surface area contributed by atoms with E-state index >= 15 is 0 Å². The molecule has 1 aromatic carbocycles. The SMILES string of the molecule is CCC1=C2c3[nH]c4ccccc4c3CCN2C(=O)CC1. The molecule has 2 aliphatic heterocycles. The Labute approximate surface area is 118 Å². The number of nitrogens with zero attached hydrogens (tertiary/aromatic N) is 1. The molecule has 3 heteroatoms. The third-order valence-electron chi connectivity index (χ3n) is 4.61. The highest BCUT2D eigenvalue weighted by Crippen LogP contribution is 2.39. The minimum atomic E-state index is 0.279. The highest BCUT2D eigenvalue weighted by atomic mass is 16.2. The Morgan fingerprint density at radius 2 is 2.05 bits per heavy atom. The molecular formula is C17H18N2O. The van der Waals surface area contributed by atoms with Crippen LogP contribution in [-0.2, 0) is 11.2 Å². The van der Waals surface area contributed by atoms with Gasteiger partial charge in [-0.2, -0.15) is 0 Å². The highest BCUT2D eigenvalue weighted by Gasteiger charge is 2.33. The normalized spacial score (nSPS) is 18.4. The zero-order chi connectivity index (χ0) is 13.7. The number of H-pyrrole nitrogens is 1. The summed E-state index contributed by atoms with van der Waals surface area (Å²) in [5.41, 5.74) is 6.33. The summed E-state index contributed by atoms with van der Waals surface area (Å²) in [5, 5.41) is 1.31.